The molecule has 6 heteroatoms. The van der Waals surface area contributed by atoms with Crippen LogP contribution in [0.5, 0.6) is 0 Å². The lowest BCUT2D eigenvalue weighted by atomic mass is 9.80. The average molecular weight is 277 g/mol. The van der Waals surface area contributed by atoms with Gasteiger partial charge in [0.05, 0.1) is 0 Å². The van der Waals surface area contributed by atoms with Crippen molar-refractivity contribution in [3.63, 3.8) is 0 Å². The number of aromatic nitrogens is 2. The third kappa shape index (κ3) is 2.21. The van der Waals surface area contributed by atoms with Crippen LogP contribution in [0.4, 0.5) is 0 Å². The Morgan fingerprint density at radius 2 is 2.20 bits per heavy atom. The molecule has 2 rings (SSSR count). The SMILES string of the molecule is CCC1CC(=CN(C)C)C(=O)c2c1c(C(=O)O)nn2C. The number of carboxylic acid groups (broad SMARTS) is 1. The molecule has 1 atom stereocenters. The number of hydrogen-bond donors (Lipinski definition) is 1. The average Bonchev–Trinajstić information content (AvgIpc) is 2.71. The number of ketones is 1. The summed E-state index contributed by atoms with van der Waals surface area (Å²) in [7, 11) is 5.35. The summed E-state index contributed by atoms with van der Waals surface area (Å²) in [5.74, 6) is -1.18. The zero-order valence-corrected chi connectivity index (χ0v) is 12.2. The van der Waals surface area contributed by atoms with Crippen molar-refractivity contribution in [3.8, 4) is 0 Å². The number of aryl methyl sites for hydroxylation is 1. The Bertz CT molecular complexity index is 599. The maximum absolute atomic E-state index is 12.5. The molecular formula is C14H19N3O3. The van der Waals surface area contributed by atoms with Crippen LogP contribution in [-0.2, 0) is 7.05 Å². The molecule has 0 fully saturated rings. The van der Waals surface area contributed by atoms with Gasteiger partial charge in [0, 0.05) is 38.5 Å². The van der Waals surface area contributed by atoms with Gasteiger partial charge in [0.15, 0.2) is 5.69 Å². The van der Waals surface area contributed by atoms with Crippen molar-refractivity contribution in [3.05, 3.63) is 28.7 Å². The number of carbonyl (C=O) groups is 2. The summed E-state index contributed by atoms with van der Waals surface area (Å²) >= 11 is 0. The van der Waals surface area contributed by atoms with Crippen molar-refractivity contribution in [1.82, 2.24) is 14.7 Å². The Labute approximate surface area is 117 Å². The van der Waals surface area contributed by atoms with Gasteiger partial charge in [-0.25, -0.2) is 4.79 Å². The minimum absolute atomic E-state index is 0.00611. The van der Waals surface area contributed by atoms with Crippen LogP contribution in [0.3, 0.4) is 0 Å². The van der Waals surface area contributed by atoms with Crippen LogP contribution in [0.15, 0.2) is 11.8 Å². The molecule has 1 aromatic rings. The second-order valence-corrected chi connectivity index (χ2v) is 5.30. The van der Waals surface area contributed by atoms with E-state index < -0.39 is 5.97 Å². The maximum Gasteiger partial charge on any atom is 0.356 e. The van der Waals surface area contributed by atoms with Gasteiger partial charge < -0.3 is 10.0 Å². The highest BCUT2D eigenvalue weighted by Gasteiger charge is 2.36. The van der Waals surface area contributed by atoms with Crippen LogP contribution >= 0.6 is 0 Å². The number of nitrogens with zero attached hydrogens (tertiary/aromatic N) is 3. The first-order valence-corrected chi connectivity index (χ1v) is 6.58. The Balaban J connectivity index is 2.63. The zero-order valence-electron chi connectivity index (χ0n) is 12.2. The Morgan fingerprint density at radius 1 is 1.55 bits per heavy atom. The first kappa shape index (κ1) is 14.3. The fourth-order valence-corrected chi connectivity index (χ4v) is 2.74. The molecule has 1 aliphatic carbocycles. The van der Waals surface area contributed by atoms with Crippen molar-refractivity contribution < 1.29 is 14.7 Å². The molecule has 1 unspecified atom stereocenters. The van der Waals surface area contributed by atoms with Gasteiger partial charge in [-0.2, -0.15) is 5.10 Å². The van der Waals surface area contributed by atoms with Gasteiger partial charge in [-0.05, 0) is 18.8 Å². The van der Waals surface area contributed by atoms with Gasteiger partial charge in [-0.15, -0.1) is 0 Å². The molecule has 1 heterocycles. The first-order valence-electron chi connectivity index (χ1n) is 6.58. The molecule has 0 radical (unpaired) electrons. The Morgan fingerprint density at radius 3 is 2.70 bits per heavy atom. The number of hydrogen-bond acceptors (Lipinski definition) is 4. The molecule has 0 bridgehead atoms. The van der Waals surface area contributed by atoms with Crippen LogP contribution in [-0.4, -0.2) is 45.6 Å². The number of aromatic carboxylic acids is 1. The van der Waals surface area contributed by atoms with Gasteiger partial charge in [0.2, 0.25) is 5.78 Å². The van der Waals surface area contributed by atoms with Crippen LogP contribution in [0.25, 0.3) is 0 Å². The molecule has 6 nitrogen and oxygen atoms in total. The topological polar surface area (TPSA) is 75.4 Å². The van der Waals surface area contributed by atoms with Crippen LogP contribution < -0.4 is 0 Å². The van der Waals surface area contributed by atoms with Crippen molar-refractivity contribution >= 4 is 11.8 Å². The molecule has 1 aliphatic rings. The number of allylic oxidation sites excluding steroid dienone is 1. The number of fused-ring (bicyclic) bond motifs is 1. The van der Waals surface area contributed by atoms with E-state index in [1.54, 1.807) is 13.2 Å². The van der Waals surface area contributed by atoms with E-state index in [9.17, 15) is 14.7 Å². The maximum atomic E-state index is 12.5. The third-order valence-electron chi connectivity index (χ3n) is 3.57. The molecule has 20 heavy (non-hydrogen) atoms. The molecular weight excluding hydrogens is 258 g/mol. The van der Waals surface area contributed by atoms with Gasteiger partial charge in [0.25, 0.3) is 0 Å². The van der Waals surface area contributed by atoms with Crippen LogP contribution in [0, 0.1) is 0 Å². The number of rotatable bonds is 3. The quantitative estimate of drug-likeness (QED) is 0.850. The van der Waals surface area contributed by atoms with E-state index in [1.807, 2.05) is 25.9 Å². The minimum Gasteiger partial charge on any atom is -0.476 e. The lowest BCUT2D eigenvalue weighted by molar-refractivity contribution is 0.0687. The van der Waals surface area contributed by atoms with E-state index in [0.29, 0.717) is 23.3 Å². The van der Waals surface area contributed by atoms with E-state index in [2.05, 4.69) is 5.10 Å². The summed E-state index contributed by atoms with van der Waals surface area (Å²) in [6.45, 7) is 2.00. The van der Waals surface area contributed by atoms with E-state index in [4.69, 9.17) is 0 Å². The van der Waals surface area contributed by atoms with Gasteiger partial charge in [-0.3, -0.25) is 9.48 Å². The lowest BCUT2D eigenvalue weighted by Crippen LogP contribution is -2.22. The second-order valence-electron chi connectivity index (χ2n) is 5.30. The summed E-state index contributed by atoms with van der Waals surface area (Å²) in [4.78, 5) is 25.7. The highest BCUT2D eigenvalue weighted by molar-refractivity contribution is 6.11. The molecule has 0 saturated carbocycles. The third-order valence-corrected chi connectivity index (χ3v) is 3.57. The number of carboxylic acids is 1. The van der Waals surface area contributed by atoms with Crippen molar-refractivity contribution in [2.45, 2.75) is 25.7 Å². The van der Waals surface area contributed by atoms with Crippen molar-refractivity contribution in [1.29, 1.82) is 0 Å². The summed E-state index contributed by atoms with van der Waals surface area (Å²) in [5, 5.41) is 13.3. The standard InChI is InChI=1S/C14H19N3O3/c1-5-8-6-9(7-16(2)3)13(18)12-10(8)11(14(19)20)15-17(12)4/h7-8H,5-6H2,1-4H3,(H,19,20). The Hall–Kier alpha value is -2.11. The number of Topliss-reactive ketones (excluding diaryl/α,β-unsaturated/α-hetero) is 1. The lowest BCUT2D eigenvalue weighted by Gasteiger charge is -2.24. The number of carbonyl (C=O) groups excluding carboxylic acids is 1. The fourth-order valence-electron chi connectivity index (χ4n) is 2.74. The molecule has 0 spiro atoms. The predicted molar refractivity (Wildman–Crippen MR) is 73.9 cm³/mol. The van der Waals surface area contributed by atoms with Crippen LogP contribution in [0.1, 0.15) is 52.2 Å². The zero-order chi connectivity index (χ0) is 15.0. The summed E-state index contributed by atoms with van der Waals surface area (Å²) < 4.78 is 1.40. The van der Waals surface area contributed by atoms with Crippen LogP contribution in [0.2, 0.25) is 0 Å². The summed E-state index contributed by atoms with van der Waals surface area (Å²) in [5.41, 5.74) is 1.71. The molecule has 108 valence electrons. The van der Waals surface area contributed by atoms with Gasteiger partial charge in [0.1, 0.15) is 5.69 Å². The molecule has 1 aromatic heterocycles. The monoisotopic (exact) mass is 277 g/mol. The molecule has 0 aromatic carbocycles. The van der Waals surface area contributed by atoms with E-state index in [0.717, 1.165) is 6.42 Å². The van der Waals surface area contributed by atoms with E-state index in [1.165, 1.54) is 4.68 Å². The van der Waals surface area contributed by atoms with Crippen molar-refractivity contribution in [2.24, 2.45) is 7.05 Å². The minimum atomic E-state index is -1.08. The molecule has 0 saturated heterocycles. The largest absolute Gasteiger partial charge is 0.476 e. The molecule has 0 aliphatic heterocycles. The molecule has 1 N–H and O–H groups in total. The Kier molecular flexibility index (Phi) is 3.65. The summed E-state index contributed by atoms with van der Waals surface area (Å²) in [6.07, 6.45) is 3.14. The van der Waals surface area contributed by atoms with E-state index >= 15 is 0 Å². The first-order chi connectivity index (χ1) is 9.36. The van der Waals surface area contributed by atoms with E-state index in [-0.39, 0.29) is 17.4 Å². The smallest absolute Gasteiger partial charge is 0.356 e. The normalized spacial score (nSPS) is 20.1. The highest BCUT2D eigenvalue weighted by Crippen LogP contribution is 2.38. The summed E-state index contributed by atoms with van der Waals surface area (Å²) in [6, 6.07) is 0. The van der Waals surface area contributed by atoms with Gasteiger partial charge >= 0.3 is 5.97 Å². The predicted octanol–water partition coefficient (Wildman–Crippen LogP) is 1.64. The van der Waals surface area contributed by atoms with Crippen molar-refractivity contribution in [2.75, 3.05) is 14.1 Å². The van der Waals surface area contributed by atoms with Gasteiger partial charge in [-0.1, -0.05) is 6.92 Å². The fraction of sp³-hybridized carbons (Fsp3) is 0.500. The second kappa shape index (κ2) is 5.11. The highest BCUT2D eigenvalue weighted by atomic mass is 16.4. The molecule has 0 amide bonds.